The summed E-state index contributed by atoms with van der Waals surface area (Å²) >= 11 is 0. The Balaban J connectivity index is 1.74. The normalized spacial score (nSPS) is 13.2. The molecule has 2 rings (SSSR count). The minimum absolute atomic E-state index is 0.388. The fraction of sp³-hybridized carbons (Fsp3) is 0.500. The maximum atomic E-state index is 9.82. The first-order valence-electron chi connectivity index (χ1n) is 7.18. The number of hydrogen-bond acceptors (Lipinski definition) is 3. The second kappa shape index (κ2) is 7.43. The van der Waals surface area contributed by atoms with Crippen molar-refractivity contribution in [3.05, 3.63) is 36.0 Å². The van der Waals surface area contributed by atoms with Crippen LogP contribution in [0.3, 0.4) is 0 Å². The van der Waals surface area contributed by atoms with E-state index in [2.05, 4.69) is 42.3 Å². The predicted molar refractivity (Wildman–Crippen MR) is 81.7 cm³/mol. The quantitative estimate of drug-likeness (QED) is 0.693. The van der Waals surface area contributed by atoms with E-state index in [0.717, 1.165) is 12.1 Å². The number of rotatable bonds is 8. The maximum Gasteiger partial charge on any atom is 0.0897 e. The first-order chi connectivity index (χ1) is 9.66. The van der Waals surface area contributed by atoms with E-state index in [-0.39, 0.29) is 0 Å². The van der Waals surface area contributed by atoms with Crippen molar-refractivity contribution in [3.63, 3.8) is 0 Å². The highest BCUT2D eigenvalue weighted by Gasteiger charge is 2.06. The van der Waals surface area contributed by atoms with Crippen LogP contribution in [0.15, 0.2) is 30.5 Å². The zero-order chi connectivity index (χ0) is 14.4. The smallest absolute Gasteiger partial charge is 0.0897 e. The second-order valence-electron chi connectivity index (χ2n) is 5.57. The third kappa shape index (κ3) is 4.34. The van der Waals surface area contributed by atoms with Crippen LogP contribution in [0, 0.1) is 5.92 Å². The van der Waals surface area contributed by atoms with Crippen LogP contribution in [-0.2, 0) is 11.3 Å². The third-order valence-corrected chi connectivity index (χ3v) is 3.14. The number of aromatic amines is 1. The minimum atomic E-state index is -0.459. The lowest BCUT2D eigenvalue weighted by Crippen LogP contribution is -2.30. The Morgan fingerprint density at radius 1 is 1.25 bits per heavy atom. The molecule has 1 unspecified atom stereocenters. The highest BCUT2D eigenvalue weighted by atomic mass is 16.5. The Morgan fingerprint density at radius 3 is 2.90 bits per heavy atom. The largest absolute Gasteiger partial charge is 0.389 e. The van der Waals surface area contributed by atoms with Crippen LogP contribution in [0.4, 0.5) is 0 Å². The van der Waals surface area contributed by atoms with E-state index in [1.807, 2.05) is 12.3 Å². The maximum absolute atomic E-state index is 9.82. The number of nitrogens with one attached hydrogen (secondary N) is 2. The van der Waals surface area contributed by atoms with Crippen molar-refractivity contribution in [2.24, 2.45) is 5.92 Å². The van der Waals surface area contributed by atoms with Crippen LogP contribution >= 0.6 is 0 Å². The average Bonchev–Trinajstić information content (AvgIpc) is 2.87. The molecule has 4 heteroatoms. The van der Waals surface area contributed by atoms with Crippen molar-refractivity contribution >= 4 is 10.9 Å². The van der Waals surface area contributed by atoms with Gasteiger partial charge in [-0.3, -0.25) is 0 Å². The molecule has 4 nitrogen and oxygen atoms in total. The van der Waals surface area contributed by atoms with E-state index in [1.165, 1.54) is 10.9 Å². The number of aliphatic hydroxyl groups excluding tert-OH is 1. The summed E-state index contributed by atoms with van der Waals surface area (Å²) < 4.78 is 5.42. The molecular formula is C16H24N2O2. The molecule has 20 heavy (non-hydrogen) atoms. The number of H-pyrrole nitrogens is 1. The van der Waals surface area contributed by atoms with E-state index in [9.17, 15) is 5.11 Å². The Kier molecular flexibility index (Phi) is 5.59. The molecule has 0 radical (unpaired) electrons. The summed E-state index contributed by atoms with van der Waals surface area (Å²) in [6, 6.07) is 8.28. The average molecular weight is 276 g/mol. The van der Waals surface area contributed by atoms with Gasteiger partial charge in [-0.15, -0.1) is 0 Å². The van der Waals surface area contributed by atoms with Crippen LogP contribution in [0.1, 0.15) is 19.4 Å². The number of hydrogen-bond donors (Lipinski definition) is 3. The summed E-state index contributed by atoms with van der Waals surface area (Å²) in [4.78, 5) is 3.20. The Bertz CT molecular complexity index is 522. The van der Waals surface area contributed by atoms with Crippen molar-refractivity contribution in [3.8, 4) is 0 Å². The van der Waals surface area contributed by atoms with E-state index < -0.39 is 6.10 Å². The van der Waals surface area contributed by atoms with Gasteiger partial charge in [0.2, 0.25) is 0 Å². The highest BCUT2D eigenvalue weighted by Crippen LogP contribution is 2.16. The molecule has 0 bridgehead atoms. The highest BCUT2D eigenvalue weighted by molar-refractivity contribution is 5.82. The topological polar surface area (TPSA) is 57.3 Å². The summed E-state index contributed by atoms with van der Waals surface area (Å²) in [5, 5.41) is 14.3. The molecule has 0 spiro atoms. The summed E-state index contributed by atoms with van der Waals surface area (Å²) in [6.45, 7) is 6.57. The molecule has 1 aromatic carbocycles. The molecule has 3 N–H and O–H groups in total. The summed E-state index contributed by atoms with van der Waals surface area (Å²) in [6.07, 6.45) is 1.49. The minimum Gasteiger partial charge on any atom is -0.389 e. The molecule has 0 aliphatic heterocycles. The number of ether oxygens (including phenoxy) is 1. The molecule has 2 aromatic rings. The molecule has 110 valence electrons. The fourth-order valence-electron chi connectivity index (χ4n) is 2.18. The fourth-order valence-corrected chi connectivity index (χ4v) is 2.18. The Hall–Kier alpha value is -1.36. The van der Waals surface area contributed by atoms with Gasteiger partial charge >= 0.3 is 0 Å². The lowest BCUT2D eigenvalue weighted by Gasteiger charge is -2.13. The van der Waals surface area contributed by atoms with Crippen LogP contribution in [0.2, 0.25) is 0 Å². The van der Waals surface area contributed by atoms with Gasteiger partial charge in [-0.05, 0) is 23.6 Å². The molecule has 0 amide bonds. The van der Waals surface area contributed by atoms with Gasteiger partial charge in [-0.2, -0.15) is 0 Å². The van der Waals surface area contributed by atoms with Crippen molar-refractivity contribution in [1.82, 2.24) is 10.3 Å². The zero-order valence-electron chi connectivity index (χ0n) is 12.2. The van der Waals surface area contributed by atoms with Crippen molar-refractivity contribution in [2.45, 2.75) is 26.5 Å². The number of fused-ring (bicyclic) bond motifs is 1. The molecule has 0 aliphatic carbocycles. The van der Waals surface area contributed by atoms with Gasteiger partial charge in [0.25, 0.3) is 0 Å². The predicted octanol–water partition coefficient (Wildman–Crippen LogP) is 2.29. The molecule has 1 atom stereocenters. The number of benzene rings is 1. The van der Waals surface area contributed by atoms with Gasteiger partial charge in [0, 0.05) is 36.8 Å². The summed E-state index contributed by atoms with van der Waals surface area (Å²) in [5.41, 5.74) is 2.38. The van der Waals surface area contributed by atoms with Gasteiger partial charge in [-0.25, -0.2) is 0 Å². The SMILES string of the molecule is CC(C)COCC(O)CNCc1cccc2[nH]ccc12. The molecule has 0 saturated heterocycles. The van der Waals surface area contributed by atoms with Gasteiger partial charge in [0.1, 0.15) is 0 Å². The lowest BCUT2D eigenvalue weighted by molar-refractivity contribution is 0.0260. The van der Waals surface area contributed by atoms with Gasteiger partial charge in [0.05, 0.1) is 12.7 Å². The summed E-state index contributed by atoms with van der Waals surface area (Å²) in [5.74, 6) is 0.501. The Morgan fingerprint density at radius 2 is 2.10 bits per heavy atom. The van der Waals surface area contributed by atoms with E-state index in [1.54, 1.807) is 0 Å². The molecular weight excluding hydrogens is 252 g/mol. The third-order valence-electron chi connectivity index (χ3n) is 3.14. The van der Waals surface area contributed by atoms with E-state index >= 15 is 0 Å². The molecule has 1 aromatic heterocycles. The second-order valence-corrected chi connectivity index (χ2v) is 5.57. The van der Waals surface area contributed by atoms with Crippen molar-refractivity contribution in [2.75, 3.05) is 19.8 Å². The van der Waals surface area contributed by atoms with Crippen LogP contribution in [0.25, 0.3) is 10.9 Å². The standard InChI is InChI=1S/C16H24N2O2/c1-12(2)10-20-11-14(19)9-17-8-13-4-3-5-16-15(13)6-7-18-16/h3-7,12,14,17-19H,8-11H2,1-2H3. The van der Waals surface area contributed by atoms with Crippen molar-refractivity contribution in [1.29, 1.82) is 0 Å². The van der Waals surface area contributed by atoms with Crippen LogP contribution < -0.4 is 5.32 Å². The zero-order valence-corrected chi connectivity index (χ0v) is 12.2. The van der Waals surface area contributed by atoms with Gasteiger partial charge < -0.3 is 20.1 Å². The van der Waals surface area contributed by atoms with Gasteiger partial charge in [-0.1, -0.05) is 26.0 Å². The monoisotopic (exact) mass is 276 g/mol. The first-order valence-corrected chi connectivity index (χ1v) is 7.18. The lowest BCUT2D eigenvalue weighted by atomic mass is 10.1. The molecule has 0 saturated carbocycles. The van der Waals surface area contributed by atoms with Crippen molar-refractivity contribution < 1.29 is 9.84 Å². The molecule has 0 fully saturated rings. The molecule has 0 aliphatic rings. The number of aromatic nitrogens is 1. The molecule has 1 heterocycles. The van der Waals surface area contributed by atoms with E-state index in [0.29, 0.717) is 25.7 Å². The van der Waals surface area contributed by atoms with E-state index in [4.69, 9.17) is 4.74 Å². The van der Waals surface area contributed by atoms with Crippen LogP contribution in [0.5, 0.6) is 0 Å². The van der Waals surface area contributed by atoms with Gasteiger partial charge in [0.15, 0.2) is 0 Å². The Labute approximate surface area is 120 Å². The summed E-state index contributed by atoms with van der Waals surface area (Å²) in [7, 11) is 0. The number of aliphatic hydroxyl groups is 1. The van der Waals surface area contributed by atoms with Crippen LogP contribution in [-0.4, -0.2) is 36.0 Å². The first kappa shape index (κ1) is 15.0.